The average Bonchev–Trinajstić information content (AvgIpc) is 2.23. The molecule has 0 saturated heterocycles. The minimum atomic E-state index is -0.252. The van der Waals surface area contributed by atoms with Crippen LogP contribution in [0.4, 0.5) is 0 Å². The molecule has 0 amide bonds. The van der Waals surface area contributed by atoms with Crippen LogP contribution in [-0.4, -0.2) is 12.6 Å². The van der Waals surface area contributed by atoms with Gasteiger partial charge in [0.05, 0.1) is 0 Å². The lowest BCUT2D eigenvalue weighted by Crippen LogP contribution is -2.10. The van der Waals surface area contributed by atoms with Crippen LogP contribution in [0.2, 0.25) is 0 Å². The maximum Gasteiger partial charge on any atom is 0.302 e. The molecule has 0 N–H and O–H groups in total. The number of hydrogen-bond acceptors (Lipinski definition) is 2. The molecule has 1 aromatic carbocycles. The Hall–Kier alpha value is -1.57. The Morgan fingerprint density at radius 2 is 2.06 bits per heavy atom. The van der Waals surface area contributed by atoms with Crippen LogP contribution >= 0.6 is 0 Å². The third-order valence-electron chi connectivity index (χ3n) is 2.45. The van der Waals surface area contributed by atoms with Gasteiger partial charge in [-0.1, -0.05) is 51.1 Å². The van der Waals surface area contributed by atoms with E-state index in [0.717, 1.165) is 5.56 Å². The monoisotopic (exact) mass is 232 g/mol. The van der Waals surface area contributed by atoms with Crippen LogP contribution in [0.15, 0.2) is 30.3 Å². The Kier molecular flexibility index (Phi) is 4.50. The van der Waals surface area contributed by atoms with Crippen LogP contribution in [0.25, 0.3) is 6.08 Å². The average molecular weight is 232 g/mol. The van der Waals surface area contributed by atoms with Crippen molar-refractivity contribution in [1.82, 2.24) is 0 Å². The number of carbonyl (C=O) groups excluding carboxylic acids is 1. The van der Waals surface area contributed by atoms with E-state index < -0.39 is 0 Å². The molecule has 0 spiro atoms. The summed E-state index contributed by atoms with van der Waals surface area (Å²) < 4.78 is 4.84. The lowest BCUT2D eigenvalue weighted by atomic mass is 9.86. The molecule has 0 atom stereocenters. The van der Waals surface area contributed by atoms with Gasteiger partial charge in [0.25, 0.3) is 0 Å². The van der Waals surface area contributed by atoms with Crippen LogP contribution < -0.4 is 0 Å². The molecule has 2 heteroatoms. The Labute approximate surface area is 103 Å². The zero-order valence-corrected chi connectivity index (χ0v) is 11.0. The van der Waals surface area contributed by atoms with E-state index in [0.29, 0.717) is 6.61 Å². The fourth-order valence-electron chi connectivity index (χ4n) is 1.46. The van der Waals surface area contributed by atoms with Gasteiger partial charge in [0, 0.05) is 6.92 Å². The Balaban J connectivity index is 2.69. The van der Waals surface area contributed by atoms with Crippen LogP contribution in [-0.2, 0) is 14.9 Å². The number of rotatable bonds is 3. The number of hydrogen-bond donors (Lipinski definition) is 0. The molecule has 1 aromatic rings. The van der Waals surface area contributed by atoms with Gasteiger partial charge < -0.3 is 4.74 Å². The summed E-state index contributed by atoms with van der Waals surface area (Å²) in [6.07, 6.45) is 3.82. The Morgan fingerprint density at radius 1 is 1.35 bits per heavy atom. The molecule has 0 saturated carbocycles. The Morgan fingerprint density at radius 3 is 2.65 bits per heavy atom. The topological polar surface area (TPSA) is 26.3 Å². The van der Waals surface area contributed by atoms with Crippen molar-refractivity contribution in [3.63, 3.8) is 0 Å². The normalized spacial score (nSPS) is 11.8. The highest BCUT2D eigenvalue weighted by atomic mass is 16.5. The van der Waals surface area contributed by atoms with Crippen molar-refractivity contribution >= 4 is 12.0 Å². The van der Waals surface area contributed by atoms with E-state index >= 15 is 0 Å². The van der Waals surface area contributed by atoms with E-state index in [1.54, 1.807) is 0 Å². The molecule has 1 rings (SSSR count). The van der Waals surface area contributed by atoms with Crippen LogP contribution in [0.3, 0.4) is 0 Å². The first-order valence-electron chi connectivity index (χ1n) is 5.80. The first-order chi connectivity index (χ1) is 7.89. The smallest absolute Gasteiger partial charge is 0.302 e. The summed E-state index contributed by atoms with van der Waals surface area (Å²) in [5.41, 5.74) is 2.58. The van der Waals surface area contributed by atoms with Gasteiger partial charge in [-0.3, -0.25) is 4.79 Å². The van der Waals surface area contributed by atoms with Gasteiger partial charge in [0.15, 0.2) is 0 Å². The summed E-state index contributed by atoms with van der Waals surface area (Å²) in [4.78, 5) is 10.6. The molecule has 0 bridgehead atoms. The van der Waals surface area contributed by atoms with E-state index in [4.69, 9.17) is 4.74 Å². The minimum absolute atomic E-state index is 0.153. The van der Waals surface area contributed by atoms with Crippen LogP contribution in [0.1, 0.15) is 38.8 Å². The van der Waals surface area contributed by atoms with Gasteiger partial charge in [0.1, 0.15) is 6.61 Å². The molecule has 0 aliphatic heterocycles. The first kappa shape index (κ1) is 13.5. The highest BCUT2D eigenvalue weighted by molar-refractivity contribution is 5.66. The van der Waals surface area contributed by atoms with E-state index in [-0.39, 0.29) is 11.4 Å². The second-order valence-corrected chi connectivity index (χ2v) is 5.08. The van der Waals surface area contributed by atoms with Gasteiger partial charge in [0.2, 0.25) is 0 Å². The molecule has 0 unspecified atom stereocenters. The number of esters is 1. The molecule has 17 heavy (non-hydrogen) atoms. The second kappa shape index (κ2) is 5.67. The minimum Gasteiger partial charge on any atom is -0.462 e. The van der Waals surface area contributed by atoms with Crippen molar-refractivity contribution in [2.45, 2.75) is 33.1 Å². The van der Waals surface area contributed by atoms with Crippen molar-refractivity contribution in [3.8, 4) is 0 Å². The lowest BCUT2D eigenvalue weighted by Gasteiger charge is -2.19. The fraction of sp³-hybridized carbons (Fsp3) is 0.400. The zero-order chi connectivity index (χ0) is 12.9. The quantitative estimate of drug-likeness (QED) is 0.745. The molecular formula is C15H20O2. The molecule has 0 fully saturated rings. The zero-order valence-electron chi connectivity index (χ0n) is 11.0. The van der Waals surface area contributed by atoms with Crippen molar-refractivity contribution in [2.24, 2.45) is 0 Å². The molecule has 0 aliphatic rings. The van der Waals surface area contributed by atoms with Gasteiger partial charge >= 0.3 is 5.97 Å². The van der Waals surface area contributed by atoms with Crippen LogP contribution in [0, 0.1) is 0 Å². The summed E-state index contributed by atoms with van der Waals surface area (Å²) in [7, 11) is 0. The summed E-state index contributed by atoms with van der Waals surface area (Å²) in [5.74, 6) is -0.252. The maximum atomic E-state index is 10.6. The third kappa shape index (κ3) is 4.85. The third-order valence-corrected chi connectivity index (χ3v) is 2.45. The van der Waals surface area contributed by atoms with Gasteiger partial charge in [-0.15, -0.1) is 0 Å². The van der Waals surface area contributed by atoms with Gasteiger partial charge in [-0.2, -0.15) is 0 Å². The lowest BCUT2D eigenvalue weighted by molar-refractivity contribution is -0.139. The van der Waals surface area contributed by atoms with E-state index in [9.17, 15) is 4.79 Å². The molecular weight excluding hydrogens is 212 g/mol. The summed E-state index contributed by atoms with van der Waals surface area (Å²) in [6.45, 7) is 8.31. The molecule has 0 heterocycles. The van der Waals surface area contributed by atoms with Crippen molar-refractivity contribution in [1.29, 1.82) is 0 Å². The van der Waals surface area contributed by atoms with Crippen molar-refractivity contribution < 1.29 is 9.53 Å². The predicted octanol–water partition coefficient (Wildman–Crippen LogP) is 3.56. The van der Waals surface area contributed by atoms with Crippen molar-refractivity contribution in [2.75, 3.05) is 6.61 Å². The molecule has 2 nitrogen and oxygen atoms in total. The predicted molar refractivity (Wildman–Crippen MR) is 70.8 cm³/mol. The number of carbonyl (C=O) groups is 1. The van der Waals surface area contributed by atoms with E-state index in [2.05, 4.69) is 32.9 Å². The Bertz CT molecular complexity index is 411. The van der Waals surface area contributed by atoms with Crippen molar-refractivity contribution in [3.05, 3.63) is 41.5 Å². The molecule has 0 aromatic heterocycles. The highest BCUT2D eigenvalue weighted by Crippen LogP contribution is 2.23. The summed E-state index contributed by atoms with van der Waals surface area (Å²) in [6, 6.07) is 8.37. The molecule has 0 aliphatic carbocycles. The van der Waals surface area contributed by atoms with E-state index in [1.165, 1.54) is 12.5 Å². The summed E-state index contributed by atoms with van der Waals surface area (Å²) >= 11 is 0. The maximum absolute atomic E-state index is 10.6. The second-order valence-electron chi connectivity index (χ2n) is 5.08. The van der Waals surface area contributed by atoms with Crippen LogP contribution in [0.5, 0.6) is 0 Å². The number of ether oxygens (including phenoxy) is 1. The first-order valence-corrected chi connectivity index (χ1v) is 5.80. The molecule has 92 valence electrons. The van der Waals surface area contributed by atoms with E-state index in [1.807, 2.05) is 24.3 Å². The summed E-state index contributed by atoms with van der Waals surface area (Å²) in [5, 5.41) is 0. The van der Waals surface area contributed by atoms with Gasteiger partial charge in [-0.25, -0.2) is 0 Å². The standard InChI is InChI=1S/C15H20O2/c1-12(16)17-10-6-8-13-7-5-9-14(11-13)15(2,3)4/h5-9,11H,10H2,1-4H3/b8-6+. The SMILES string of the molecule is CC(=O)OC/C=C/c1cccc(C(C)(C)C)c1. The fourth-order valence-corrected chi connectivity index (χ4v) is 1.46. The van der Waals surface area contributed by atoms with Gasteiger partial charge in [-0.05, 0) is 22.6 Å². The highest BCUT2D eigenvalue weighted by Gasteiger charge is 2.12. The molecule has 0 radical (unpaired) electrons. The number of benzene rings is 1. The largest absolute Gasteiger partial charge is 0.462 e.